The molecule has 2 amide bonds. The van der Waals surface area contributed by atoms with E-state index in [9.17, 15) is 9.59 Å². The molecule has 0 aliphatic heterocycles. The molecule has 0 saturated carbocycles. The highest BCUT2D eigenvalue weighted by Gasteiger charge is 2.08. The van der Waals surface area contributed by atoms with Crippen molar-refractivity contribution < 1.29 is 9.59 Å². The summed E-state index contributed by atoms with van der Waals surface area (Å²) < 4.78 is 0. The number of halogens is 2. The summed E-state index contributed by atoms with van der Waals surface area (Å²) in [6.45, 7) is 2.72. The van der Waals surface area contributed by atoms with Crippen molar-refractivity contribution in [1.29, 1.82) is 0 Å². The topological polar surface area (TPSA) is 70.2 Å². The lowest BCUT2D eigenvalue weighted by Crippen LogP contribution is -2.25. The van der Waals surface area contributed by atoms with Crippen LogP contribution in [-0.4, -0.2) is 24.9 Å². The second-order valence-corrected chi connectivity index (χ2v) is 6.56. The number of rotatable bonds is 8. The molecule has 138 valence electrons. The second-order valence-electron chi connectivity index (χ2n) is 5.72. The van der Waals surface area contributed by atoms with Crippen molar-refractivity contribution in [3.63, 3.8) is 0 Å². The zero-order valence-corrected chi connectivity index (χ0v) is 16.0. The first kappa shape index (κ1) is 20.1. The van der Waals surface area contributed by atoms with Gasteiger partial charge >= 0.3 is 0 Å². The fraction of sp³-hybridized carbons (Fsp3) is 0.263. The normalized spacial score (nSPS) is 10.3. The van der Waals surface area contributed by atoms with Gasteiger partial charge in [-0.05, 0) is 42.8 Å². The van der Waals surface area contributed by atoms with Crippen molar-refractivity contribution in [3.05, 3.63) is 58.1 Å². The lowest BCUT2D eigenvalue weighted by atomic mass is 10.2. The maximum atomic E-state index is 12.1. The molecule has 26 heavy (non-hydrogen) atoms. The SMILES string of the molecule is CCCCNC(=O)c1cccc(NC(=O)CNc2cc(Cl)ccc2Cl)c1. The Morgan fingerprint density at radius 1 is 1.08 bits per heavy atom. The number of amides is 2. The molecule has 0 fully saturated rings. The molecule has 0 aliphatic carbocycles. The molecule has 0 unspecified atom stereocenters. The Morgan fingerprint density at radius 3 is 2.65 bits per heavy atom. The van der Waals surface area contributed by atoms with Crippen LogP contribution in [0.3, 0.4) is 0 Å². The van der Waals surface area contributed by atoms with E-state index in [1.165, 1.54) is 0 Å². The average molecular weight is 394 g/mol. The zero-order valence-electron chi connectivity index (χ0n) is 14.4. The summed E-state index contributed by atoms with van der Waals surface area (Å²) in [5.41, 5.74) is 1.64. The summed E-state index contributed by atoms with van der Waals surface area (Å²) >= 11 is 12.0. The molecule has 2 aromatic rings. The first-order valence-corrected chi connectivity index (χ1v) is 9.12. The van der Waals surface area contributed by atoms with E-state index in [1.807, 2.05) is 0 Å². The van der Waals surface area contributed by atoms with E-state index in [0.29, 0.717) is 33.5 Å². The minimum atomic E-state index is -0.260. The number of hydrogen-bond acceptors (Lipinski definition) is 3. The molecule has 0 heterocycles. The van der Waals surface area contributed by atoms with Gasteiger partial charge in [-0.25, -0.2) is 0 Å². The van der Waals surface area contributed by atoms with Gasteiger partial charge in [0.15, 0.2) is 0 Å². The number of anilines is 2. The molecule has 5 nitrogen and oxygen atoms in total. The fourth-order valence-corrected chi connectivity index (χ4v) is 2.59. The van der Waals surface area contributed by atoms with Crippen LogP contribution in [0.5, 0.6) is 0 Å². The molecule has 2 aromatic carbocycles. The predicted octanol–water partition coefficient (Wildman–Crippen LogP) is 4.57. The molecule has 0 aliphatic rings. The Morgan fingerprint density at radius 2 is 1.88 bits per heavy atom. The Bertz CT molecular complexity index is 781. The maximum absolute atomic E-state index is 12.1. The summed E-state index contributed by atoms with van der Waals surface area (Å²) in [7, 11) is 0. The number of benzene rings is 2. The van der Waals surface area contributed by atoms with Crippen LogP contribution in [0, 0.1) is 0 Å². The van der Waals surface area contributed by atoms with Gasteiger partial charge in [0, 0.05) is 22.8 Å². The predicted molar refractivity (Wildman–Crippen MR) is 107 cm³/mol. The average Bonchev–Trinajstić information content (AvgIpc) is 2.63. The third-order valence-electron chi connectivity index (χ3n) is 3.59. The quantitative estimate of drug-likeness (QED) is 0.575. The van der Waals surface area contributed by atoms with Crippen LogP contribution in [0.4, 0.5) is 11.4 Å². The van der Waals surface area contributed by atoms with Crippen molar-refractivity contribution in [2.24, 2.45) is 0 Å². The van der Waals surface area contributed by atoms with Gasteiger partial charge in [-0.3, -0.25) is 9.59 Å². The van der Waals surface area contributed by atoms with E-state index >= 15 is 0 Å². The standard InChI is InChI=1S/C19H21Cl2N3O2/c1-2-3-9-22-19(26)13-5-4-6-15(10-13)24-18(25)12-23-17-11-14(20)7-8-16(17)21/h4-8,10-11,23H,2-3,9,12H2,1H3,(H,22,26)(H,24,25). The second kappa shape index (κ2) is 10.0. The molecular formula is C19H21Cl2N3O2. The molecule has 3 N–H and O–H groups in total. The largest absolute Gasteiger partial charge is 0.375 e. The monoisotopic (exact) mass is 393 g/mol. The first-order chi connectivity index (χ1) is 12.5. The van der Waals surface area contributed by atoms with Crippen LogP contribution in [0.1, 0.15) is 30.1 Å². The van der Waals surface area contributed by atoms with Crippen molar-refractivity contribution >= 4 is 46.4 Å². The van der Waals surface area contributed by atoms with Gasteiger partial charge in [-0.2, -0.15) is 0 Å². The molecule has 0 aromatic heterocycles. The summed E-state index contributed by atoms with van der Waals surface area (Å²) in [6, 6.07) is 11.8. The number of carbonyl (C=O) groups is 2. The maximum Gasteiger partial charge on any atom is 0.251 e. The van der Waals surface area contributed by atoms with Gasteiger partial charge in [0.05, 0.1) is 17.3 Å². The van der Waals surface area contributed by atoms with Gasteiger partial charge in [-0.1, -0.05) is 42.6 Å². The summed E-state index contributed by atoms with van der Waals surface area (Å²) in [5.74, 6) is -0.414. The van der Waals surface area contributed by atoms with Crippen molar-refractivity contribution in [3.8, 4) is 0 Å². The number of unbranched alkanes of at least 4 members (excludes halogenated alkanes) is 1. The molecule has 0 atom stereocenters. The van der Waals surface area contributed by atoms with E-state index in [0.717, 1.165) is 12.8 Å². The van der Waals surface area contributed by atoms with Gasteiger partial charge in [0.2, 0.25) is 5.91 Å². The fourth-order valence-electron chi connectivity index (χ4n) is 2.23. The minimum absolute atomic E-state index is 0.0208. The number of hydrogen-bond donors (Lipinski definition) is 3. The molecular weight excluding hydrogens is 373 g/mol. The Hall–Kier alpha value is -2.24. The van der Waals surface area contributed by atoms with Gasteiger partial charge in [0.1, 0.15) is 0 Å². The third kappa shape index (κ3) is 6.24. The smallest absolute Gasteiger partial charge is 0.251 e. The lowest BCUT2D eigenvalue weighted by molar-refractivity contribution is -0.114. The van der Waals surface area contributed by atoms with Crippen LogP contribution in [0.15, 0.2) is 42.5 Å². The highest BCUT2D eigenvalue weighted by molar-refractivity contribution is 6.35. The third-order valence-corrected chi connectivity index (χ3v) is 4.16. The van der Waals surface area contributed by atoms with E-state index in [4.69, 9.17) is 23.2 Å². The molecule has 2 rings (SSSR count). The highest BCUT2D eigenvalue weighted by Crippen LogP contribution is 2.25. The van der Waals surface area contributed by atoms with Gasteiger partial charge < -0.3 is 16.0 Å². The minimum Gasteiger partial charge on any atom is -0.375 e. The van der Waals surface area contributed by atoms with E-state index < -0.39 is 0 Å². The highest BCUT2D eigenvalue weighted by atomic mass is 35.5. The van der Waals surface area contributed by atoms with Crippen LogP contribution >= 0.6 is 23.2 Å². The summed E-state index contributed by atoms with van der Waals surface area (Å²) in [5, 5.41) is 9.54. The molecule has 0 saturated heterocycles. The number of carbonyl (C=O) groups excluding carboxylic acids is 2. The van der Waals surface area contributed by atoms with Gasteiger partial charge in [0.25, 0.3) is 5.91 Å². The van der Waals surface area contributed by atoms with E-state index in [2.05, 4.69) is 22.9 Å². The van der Waals surface area contributed by atoms with Crippen LogP contribution in [0.2, 0.25) is 10.0 Å². The summed E-state index contributed by atoms with van der Waals surface area (Å²) in [4.78, 5) is 24.2. The molecule has 0 bridgehead atoms. The molecule has 0 spiro atoms. The van der Waals surface area contributed by atoms with Crippen molar-refractivity contribution in [2.75, 3.05) is 23.7 Å². The van der Waals surface area contributed by atoms with Crippen molar-refractivity contribution in [1.82, 2.24) is 5.32 Å². The first-order valence-electron chi connectivity index (χ1n) is 8.36. The van der Waals surface area contributed by atoms with Crippen LogP contribution in [-0.2, 0) is 4.79 Å². The Labute approximate surface area is 163 Å². The van der Waals surface area contributed by atoms with E-state index in [-0.39, 0.29) is 18.4 Å². The molecule has 7 heteroatoms. The zero-order chi connectivity index (χ0) is 18.9. The summed E-state index contributed by atoms with van der Waals surface area (Å²) in [6.07, 6.45) is 1.94. The van der Waals surface area contributed by atoms with Crippen LogP contribution in [0.25, 0.3) is 0 Å². The Kier molecular flexibility index (Phi) is 7.75. The molecule has 0 radical (unpaired) electrons. The van der Waals surface area contributed by atoms with E-state index in [1.54, 1.807) is 42.5 Å². The lowest BCUT2D eigenvalue weighted by Gasteiger charge is -2.10. The van der Waals surface area contributed by atoms with Crippen LogP contribution < -0.4 is 16.0 Å². The van der Waals surface area contributed by atoms with Gasteiger partial charge in [-0.15, -0.1) is 0 Å². The Balaban J connectivity index is 1.91. The number of nitrogens with one attached hydrogen (secondary N) is 3. The van der Waals surface area contributed by atoms with Crippen molar-refractivity contribution in [2.45, 2.75) is 19.8 Å².